The Bertz CT molecular complexity index is 679. The molecular formula is C22H33N3O5. The number of carbonyl (C=O) groups excluding carboxylic acids is 3. The van der Waals surface area contributed by atoms with E-state index in [1.165, 1.54) is 6.92 Å². The number of aliphatic hydroxyl groups is 1. The standard InChI is InChI=1S/C22H33N3O5/c1-3-4-5-6-7-11-14-18(20(23)27)24-21(28)19(16(2)26)25-22(29)30-15-17-12-9-8-10-13-17/h3,8-10,12-13,16,18-19,26H,1,4-7,11,14-15H2,2H3,(H2,23,27)(H,24,28)(H,25,29)/t16-,18+,19+/m1/s1. The monoisotopic (exact) mass is 419 g/mol. The van der Waals surface area contributed by atoms with Crippen LogP contribution in [0, 0.1) is 0 Å². The summed E-state index contributed by atoms with van der Waals surface area (Å²) < 4.78 is 5.08. The second-order valence-electron chi connectivity index (χ2n) is 7.17. The summed E-state index contributed by atoms with van der Waals surface area (Å²) in [4.78, 5) is 36.2. The molecule has 5 N–H and O–H groups in total. The summed E-state index contributed by atoms with van der Waals surface area (Å²) in [6, 6.07) is 6.90. The number of primary amides is 1. The molecule has 0 saturated heterocycles. The molecule has 1 aromatic carbocycles. The van der Waals surface area contributed by atoms with Gasteiger partial charge in [-0.3, -0.25) is 9.59 Å². The number of ether oxygens (including phenoxy) is 1. The Labute approximate surface area is 177 Å². The van der Waals surface area contributed by atoms with Crippen molar-refractivity contribution in [2.75, 3.05) is 0 Å². The summed E-state index contributed by atoms with van der Waals surface area (Å²) in [6.45, 7) is 5.06. The number of alkyl carbamates (subject to hydrolysis) is 1. The van der Waals surface area contributed by atoms with E-state index in [9.17, 15) is 19.5 Å². The fourth-order valence-corrected chi connectivity index (χ4v) is 2.83. The van der Waals surface area contributed by atoms with Crippen molar-refractivity contribution < 1.29 is 24.2 Å². The molecule has 0 aliphatic carbocycles. The number of carbonyl (C=O) groups is 3. The predicted octanol–water partition coefficient (Wildman–Crippen LogP) is 2.16. The van der Waals surface area contributed by atoms with Gasteiger partial charge >= 0.3 is 6.09 Å². The summed E-state index contributed by atoms with van der Waals surface area (Å²) in [6.07, 6.45) is 4.79. The van der Waals surface area contributed by atoms with E-state index in [1.807, 2.05) is 24.3 Å². The molecule has 0 bridgehead atoms. The molecule has 3 amide bonds. The molecule has 0 aliphatic heterocycles. The van der Waals surface area contributed by atoms with Gasteiger partial charge in [-0.25, -0.2) is 4.79 Å². The summed E-state index contributed by atoms with van der Waals surface area (Å²) in [5, 5.41) is 14.8. The zero-order valence-electron chi connectivity index (χ0n) is 17.5. The first kappa shape index (κ1) is 25.2. The molecule has 8 nitrogen and oxygen atoms in total. The number of amides is 3. The van der Waals surface area contributed by atoms with Crippen LogP contribution in [0.5, 0.6) is 0 Å². The number of nitrogens with one attached hydrogen (secondary N) is 2. The van der Waals surface area contributed by atoms with Gasteiger partial charge in [-0.15, -0.1) is 6.58 Å². The molecule has 3 atom stereocenters. The lowest BCUT2D eigenvalue weighted by atomic mass is 10.0. The maximum atomic E-state index is 12.5. The average Bonchev–Trinajstić information content (AvgIpc) is 2.72. The first-order valence-electron chi connectivity index (χ1n) is 10.2. The Balaban J connectivity index is 2.53. The number of nitrogens with two attached hydrogens (primary N) is 1. The third-order valence-corrected chi connectivity index (χ3v) is 4.56. The largest absolute Gasteiger partial charge is 0.445 e. The Kier molecular flexibility index (Phi) is 11.9. The van der Waals surface area contributed by atoms with Crippen LogP contribution >= 0.6 is 0 Å². The highest BCUT2D eigenvalue weighted by atomic mass is 16.5. The van der Waals surface area contributed by atoms with Crippen LogP contribution < -0.4 is 16.4 Å². The van der Waals surface area contributed by atoms with Crippen molar-refractivity contribution >= 4 is 17.9 Å². The Morgan fingerprint density at radius 3 is 2.40 bits per heavy atom. The molecule has 0 aliphatic rings. The number of hydrogen-bond acceptors (Lipinski definition) is 5. The smallest absolute Gasteiger partial charge is 0.408 e. The van der Waals surface area contributed by atoms with Crippen molar-refractivity contribution in [3.05, 3.63) is 48.6 Å². The lowest BCUT2D eigenvalue weighted by Crippen LogP contribution is -2.56. The van der Waals surface area contributed by atoms with Gasteiger partial charge in [0.1, 0.15) is 18.7 Å². The molecule has 0 fully saturated rings. The normalized spacial score (nSPS) is 13.5. The molecular weight excluding hydrogens is 386 g/mol. The quantitative estimate of drug-likeness (QED) is 0.271. The van der Waals surface area contributed by atoms with Gasteiger partial charge in [0, 0.05) is 0 Å². The molecule has 0 radical (unpaired) electrons. The van der Waals surface area contributed by atoms with Crippen molar-refractivity contribution in [2.45, 2.75) is 70.2 Å². The maximum absolute atomic E-state index is 12.5. The number of benzene rings is 1. The van der Waals surface area contributed by atoms with Crippen LogP contribution in [0.2, 0.25) is 0 Å². The molecule has 0 unspecified atom stereocenters. The SMILES string of the molecule is C=CCCCCCC[C@H](NC(=O)[C@@H](NC(=O)OCc1ccccc1)[C@@H](C)O)C(N)=O. The summed E-state index contributed by atoms with van der Waals surface area (Å²) in [5.41, 5.74) is 6.18. The van der Waals surface area contributed by atoms with Gasteiger partial charge in [0.2, 0.25) is 11.8 Å². The van der Waals surface area contributed by atoms with Gasteiger partial charge in [0.25, 0.3) is 0 Å². The third-order valence-electron chi connectivity index (χ3n) is 4.56. The van der Waals surface area contributed by atoms with E-state index in [0.717, 1.165) is 37.7 Å². The Morgan fingerprint density at radius 2 is 1.80 bits per heavy atom. The highest BCUT2D eigenvalue weighted by Gasteiger charge is 2.29. The van der Waals surface area contributed by atoms with Crippen LogP contribution in [0.1, 0.15) is 51.0 Å². The zero-order valence-corrected chi connectivity index (χ0v) is 17.5. The van der Waals surface area contributed by atoms with Crippen molar-refractivity contribution in [3.8, 4) is 0 Å². The van der Waals surface area contributed by atoms with Crippen molar-refractivity contribution in [1.29, 1.82) is 0 Å². The van der Waals surface area contributed by atoms with Crippen LogP contribution in [0.15, 0.2) is 43.0 Å². The first-order valence-corrected chi connectivity index (χ1v) is 10.2. The molecule has 0 heterocycles. The molecule has 0 aromatic heterocycles. The fraction of sp³-hybridized carbons (Fsp3) is 0.500. The maximum Gasteiger partial charge on any atom is 0.408 e. The van der Waals surface area contributed by atoms with E-state index in [-0.39, 0.29) is 6.61 Å². The zero-order chi connectivity index (χ0) is 22.4. The molecule has 166 valence electrons. The van der Waals surface area contributed by atoms with E-state index in [1.54, 1.807) is 12.1 Å². The Morgan fingerprint density at radius 1 is 1.13 bits per heavy atom. The van der Waals surface area contributed by atoms with Gasteiger partial charge in [-0.2, -0.15) is 0 Å². The van der Waals surface area contributed by atoms with Crippen molar-refractivity contribution in [2.24, 2.45) is 5.73 Å². The van der Waals surface area contributed by atoms with Crippen LogP contribution in [-0.4, -0.2) is 41.2 Å². The number of aliphatic hydroxyl groups excluding tert-OH is 1. The minimum absolute atomic E-state index is 0.0244. The molecule has 0 spiro atoms. The fourth-order valence-electron chi connectivity index (χ4n) is 2.83. The van der Waals surface area contributed by atoms with Gasteiger partial charge in [-0.1, -0.05) is 55.7 Å². The Hall–Kier alpha value is -2.87. The van der Waals surface area contributed by atoms with Gasteiger partial charge < -0.3 is 26.2 Å². The van der Waals surface area contributed by atoms with E-state index >= 15 is 0 Å². The van der Waals surface area contributed by atoms with E-state index in [4.69, 9.17) is 10.5 Å². The molecule has 8 heteroatoms. The topological polar surface area (TPSA) is 131 Å². The summed E-state index contributed by atoms with van der Waals surface area (Å²) >= 11 is 0. The second-order valence-corrected chi connectivity index (χ2v) is 7.17. The first-order chi connectivity index (χ1) is 14.3. The van der Waals surface area contributed by atoms with Crippen LogP contribution in [0.25, 0.3) is 0 Å². The number of rotatable bonds is 14. The predicted molar refractivity (Wildman–Crippen MR) is 114 cm³/mol. The van der Waals surface area contributed by atoms with Gasteiger partial charge in [-0.05, 0) is 31.7 Å². The molecule has 1 aromatic rings. The minimum Gasteiger partial charge on any atom is -0.445 e. The molecule has 1 rings (SSSR count). The number of hydrogen-bond donors (Lipinski definition) is 4. The van der Waals surface area contributed by atoms with Gasteiger partial charge in [0.15, 0.2) is 0 Å². The summed E-state index contributed by atoms with van der Waals surface area (Å²) in [5.74, 6) is -1.36. The van der Waals surface area contributed by atoms with Crippen molar-refractivity contribution in [3.63, 3.8) is 0 Å². The molecule has 30 heavy (non-hydrogen) atoms. The van der Waals surface area contributed by atoms with Crippen molar-refractivity contribution in [1.82, 2.24) is 10.6 Å². The van der Waals surface area contributed by atoms with E-state index in [2.05, 4.69) is 17.2 Å². The number of allylic oxidation sites excluding steroid dienone is 1. The van der Waals surface area contributed by atoms with Crippen LogP contribution in [0.3, 0.4) is 0 Å². The highest BCUT2D eigenvalue weighted by molar-refractivity contribution is 5.91. The minimum atomic E-state index is -1.28. The van der Waals surface area contributed by atoms with E-state index in [0.29, 0.717) is 6.42 Å². The van der Waals surface area contributed by atoms with Crippen LogP contribution in [0.4, 0.5) is 4.79 Å². The average molecular weight is 420 g/mol. The molecule has 0 saturated carbocycles. The van der Waals surface area contributed by atoms with Gasteiger partial charge in [0.05, 0.1) is 6.10 Å². The summed E-state index contributed by atoms with van der Waals surface area (Å²) in [7, 11) is 0. The third kappa shape index (κ3) is 10.1. The lowest BCUT2D eigenvalue weighted by Gasteiger charge is -2.23. The lowest BCUT2D eigenvalue weighted by molar-refractivity contribution is -0.130. The number of unbranched alkanes of at least 4 members (excludes halogenated alkanes) is 4. The second kappa shape index (κ2) is 14.2. The highest BCUT2D eigenvalue weighted by Crippen LogP contribution is 2.08. The van der Waals surface area contributed by atoms with E-state index < -0.39 is 36.1 Å². The van der Waals surface area contributed by atoms with Crippen LogP contribution in [-0.2, 0) is 20.9 Å².